The van der Waals surface area contributed by atoms with Gasteiger partial charge in [-0.25, -0.2) is 0 Å². The second-order valence-corrected chi connectivity index (χ2v) is 6.64. The number of pyridine rings is 1. The van der Waals surface area contributed by atoms with Gasteiger partial charge in [-0.3, -0.25) is 9.78 Å². The van der Waals surface area contributed by atoms with Gasteiger partial charge in [-0.1, -0.05) is 36.9 Å². The Morgan fingerprint density at radius 3 is 2.67 bits per heavy atom. The molecule has 0 atom stereocenters. The van der Waals surface area contributed by atoms with Crippen LogP contribution in [0.15, 0.2) is 79.5 Å². The lowest BCUT2D eigenvalue weighted by molar-refractivity contribution is 0.0980. The summed E-state index contributed by atoms with van der Waals surface area (Å²) >= 11 is 0. The third kappa shape index (κ3) is 4.27. The SMILES string of the molecule is C=CCOc1ccccc1CN(C(=O)c1ccccn1)c1ccc2c(c1)OCCO2. The molecule has 0 radical (unpaired) electrons. The molecule has 0 saturated carbocycles. The van der Waals surface area contributed by atoms with Crippen molar-refractivity contribution in [1.82, 2.24) is 4.98 Å². The summed E-state index contributed by atoms with van der Waals surface area (Å²) in [6.45, 7) is 5.38. The third-order valence-electron chi connectivity index (χ3n) is 4.62. The van der Waals surface area contributed by atoms with Crippen molar-refractivity contribution < 1.29 is 19.0 Å². The van der Waals surface area contributed by atoms with Crippen molar-refractivity contribution in [3.05, 3.63) is 90.8 Å². The number of carbonyl (C=O) groups is 1. The van der Waals surface area contributed by atoms with Crippen LogP contribution >= 0.6 is 0 Å². The van der Waals surface area contributed by atoms with Gasteiger partial charge in [0.1, 0.15) is 31.3 Å². The van der Waals surface area contributed by atoms with Crippen LogP contribution in [0.25, 0.3) is 0 Å². The minimum atomic E-state index is -0.217. The summed E-state index contributed by atoms with van der Waals surface area (Å²) in [5.74, 6) is 1.78. The molecule has 3 aromatic rings. The quantitative estimate of drug-likeness (QED) is 0.553. The summed E-state index contributed by atoms with van der Waals surface area (Å²) in [7, 11) is 0. The van der Waals surface area contributed by atoms with Crippen LogP contribution in [0.4, 0.5) is 5.69 Å². The lowest BCUT2D eigenvalue weighted by Gasteiger charge is -2.26. The number of hydrogen-bond acceptors (Lipinski definition) is 5. The van der Waals surface area contributed by atoms with Gasteiger partial charge < -0.3 is 19.1 Å². The Morgan fingerprint density at radius 1 is 1.07 bits per heavy atom. The summed E-state index contributed by atoms with van der Waals surface area (Å²) in [5, 5.41) is 0. The average molecular weight is 402 g/mol. The number of nitrogens with zero attached hydrogens (tertiary/aromatic N) is 2. The van der Waals surface area contributed by atoms with Crippen LogP contribution in [-0.2, 0) is 6.54 Å². The topological polar surface area (TPSA) is 60.9 Å². The molecule has 6 heteroatoms. The molecular formula is C24H22N2O4. The minimum Gasteiger partial charge on any atom is -0.489 e. The zero-order valence-electron chi connectivity index (χ0n) is 16.5. The van der Waals surface area contributed by atoms with Crippen LogP contribution in [-0.4, -0.2) is 30.7 Å². The Morgan fingerprint density at radius 2 is 1.87 bits per heavy atom. The number of ether oxygens (including phenoxy) is 3. The highest BCUT2D eigenvalue weighted by Crippen LogP contribution is 2.35. The molecule has 4 rings (SSSR count). The molecule has 0 N–H and O–H groups in total. The maximum absolute atomic E-state index is 13.4. The molecule has 152 valence electrons. The van der Waals surface area contributed by atoms with Crippen molar-refractivity contribution >= 4 is 11.6 Å². The molecule has 2 heterocycles. The summed E-state index contributed by atoms with van der Waals surface area (Å²) < 4.78 is 17.1. The summed E-state index contributed by atoms with van der Waals surface area (Å²) in [4.78, 5) is 19.3. The maximum Gasteiger partial charge on any atom is 0.277 e. The van der Waals surface area contributed by atoms with Gasteiger partial charge in [-0.05, 0) is 30.3 Å². The van der Waals surface area contributed by atoms with E-state index in [9.17, 15) is 4.79 Å². The molecule has 6 nitrogen and oxygen atoms in total. The number of fused-ring (bicyclic) bond motifs is 1. The van der Waals surface area contributed by atoms with E-state index < -0.39 is 0 Å². The number of benzene rings is 2. The molecule has 2 aromatic carbocycles. The van der Waals surface area contributed by atoms with Crippen molar-refractivity contribution in [2.75, 3.05) is 24.7 Å². The van der Waals surface area contributed by atoms with Gasteiger partial charge in [0.25, 0.3) is 5.91 Å². The first-order valence-electron chi connectivity index (χ1n) is 9.70. The first kappa shape index (κ1) is 19.5. The van der Waals surface area contributed by atoms with Gasteiger partial charge in [0.15, 0.2) is 11.5 Å². The first-order chi connectivity index (χ1) is 14.8. The minimum absolute atomic E-state index is 0.217. The Bertz CT molecular complexity index is 1040. The van der Waals surface area contributed by atoms with Crippen LogP contribution < -0.4 is 19.1 Å². The van der Waals surface area contributed by atoms with Crippen LogP contribution in [0.3, 0.4) is 0 Å². The van der Waals surface area contributed by atoms with Crippen LogP contribution in [0, 0.1) is 0 Å². The average Bonchev–Trinajstić information content (AvgIpc) is 2.81. The highest BCUT2D eigenvalue weighted by molar-refractivity contribution is 6.04. The van der Waals surface area contributed by atoms with Gasteiger partial charge in [0.2, 0.25) is 0 Å². The number of amides is 1. The van der Waals surface area contributed by atoms with Crippen molar-refractivity contribution in [3.63, 3.8) is 0 Å². The Hall–Kier alpha value is -3.80. The fourth-order valence-corrected chi connectivity index (χ4v) is 3.20. The van der Waals surface area contributed by atoms with E-state index in [2.05, 4.69) is 11.6 Å². The van der Waals surface area contributed by atoms with E-state index >= 15 is 0 Å². The number of aromatic nitrogens is 1. The van der Waals surface area contributed by atoms with Gasteiger partial charge >= 0.3 is 0 Å². The number of rotatable bonds is 7. The van der Waals surface area contributed by atoms with Crippen molar-refractivity contribution in [2.24, 2.45) is 0 Å². The van der Waals surface area contributed by atoms with Crippen LogP contribution in [0.1, 0.15) is 16.1 Å². The zero-order valence-corrected chi connectivity index (χ0v) is 16.5. The van der Waals surface area contributed by atoms with Crippen LogP contribution in [0.2, 0.25) is 0 Å². The molecular weight excluding hydrogens is 380 g/mol. The highest BCUT2D eigenvalue weighted by Gasteiger charge is 2.23. The highest BCUT2D eigenvalue weighted by atomic mass is 16.6. The smallest absolute Gasteiger partial charge is 0.277 e. The van der Waals surface area contributed by atoms with E-state index in [-0.39, 0.29) is 5.91 Å². The van der Waals surface area contributed by atoms with Crippen LogP contribution in [0.5, 0.6) is 17.2 Å². The lowest BCUT2D eigenvalue weighted by Crippen LogP contribution is -2.31. The lowest BCUT2D eigenvalue weighted by atomic mass is 10.1. The van der Waals surface area contributed by atoms with Crippen molar-refractivity contribution in [1.29, 1.82) is 0 Å². The summed E-state index contributed by atoms with van der Waals surface area (Å²) in [6, 6.07) is 18.4. The van der Waals surface area contributed by atoms with E-state index in [1.54, 1.807) is 35.4 Å². The number of para-hydroxylation sites is 1. The molecule has 0 aliphatic carbocycles. The number of carbonyl (C=O) groups excluding carboxylic acids is 1. The standard InChI is InChI=1S/C24H22N2O4/c1-2-13-28-21-9-4-3-7-18(21)17-26(24(27)20-8-5-6-12-25-20)19-10-11-22-23(16-19)30-15-14-29-22/h2-12,16H,1,13-15,17H2. The van der Waals surface area contributed by atoms with Gasteiger partial charge in [-0.15, -0.1) is 0 Å². The van der Waals surface area contributed by atoms with E-state index in [0.717, 1.165) is 5.56 Å². The third-order valence-corrected chi connectivity index (χ3v) is 4.62. The normalized spacial score (nSPS) is 12.1. The second kappa shape index (κ2) is 9.13. The molecule has 1 amide bonds. The molecule has 1 aliphatic rings. The van der Waals surface area contributed by atoms with Crippen molar-refractivity contribution in [2.45, 2.75) is 6.54 Å². The Labute approximate surface area is 175 Å². The molecule has 0 bridgehead atoms. The molecule has 0 unspecified atom stereocenters. The second-order valence-electron chi connectivity index (χ2n) is 6.64. The summed E-state index contributed by atoms with van der Waals surface area (Å²) in [5.41, 5.74) is 1.92. The molecule has 30 heavy (non-hydrogen) atoms. The molecule has 0 fully saturated rings. The van der Waals surface area contributed by atoms with E-state index in [1.807, 2.05) is 42.5 Å². The monoisotopic (exact) mass is 402 g/mol. The Balaban J connectivity index is 1.71. The van der Waals surface area contributed by atoms with E-state index in [0.29, 0.717) is 55.0 Å². The number of anilines is 1. The van der Waals surface area contributed by atoms with Crippen molar-refractivity contribution in [3.8, 4) is 17.2 Å². The predicted octanol–water partition coefficient (Wildman–Crippen LogP) is 4.26. The zero-order chi connectivity index (χ0) is 20.8. The first-order valence-corrected chi connectivity index (χ1v) is 9.70. The van der Waals surface area contributed by atoms with Gasteiger partial charge in [-0.2, -0.15) is 0 Å². The van der Waals surface area contributed by atoms with Gasteiger partial charge in [0, 0.05) is 23.5 Å². The fraction of sp³-hybridized carbons (Fsp3) is 0.167. The summed E-state index contributed by atoms with van der Waals surface area (Å²) in [6.07, 6.45) is 3.30. The van der Waals surface area contributed by atoms with E-state index in [4.69, 9.17) is 14.2 Å². The molecule has 1 aliphatic heterocycles. The predicted molar refractivity (Wildman–Crippen MR) is 114 cm³/mol. The number of hydrogen-bond donors (Lipinski definition) is 0. The van der Waals surface area contributed by atoms with Gasteiger partial charge in [0.05, 0.1) is 6.54 Å². The molecule has 1 aromatic heterocycles. The molecule has 0 saturated heterocycles. The molecule has 0 spiro atoms. The maximum atomic E-state index is 13.4. The fourth-order valence-electron chi connectivity index (χ4n) is 3.20. The van der Waals surface area contributed by atoms with E-state index in [1.165, 1.54) is 0 Å². The Kier molecular flexibility index (Phi) is 5.94. The largest absolute Gasteiger partial charge is 0.489 e.